The number of fused-ring (bicyclic) bond motifs is 13. The standard InChI is InChI=1S/C67H71BN2O2/c1-36-27-45(58-54(28-36)70-53-22-19-37(62(2,3)4)29-41(53)44-30-38(63(5,6)7)31-50(68-58)59(44)70)57-51(21-20-40-43-33-47-49(35-56(43)72-61(40)57)67(14,15)26-24-65(47,10)11)69-52-18-16-17-39-42-32-46-48(34-55(42)71-60(39)52)66(12,13)25-23-64(46,8)9/h16-22,27-35,68-69H,23-26H2,1-15H3. The fraction of sp³-hybridized carbons (Fsp3) is 0.373. The van der Waals surface area contributed by atoms with E-state index in [-0.39, 0.29) is 32.5 Å². The number of para-hydroxylation sites is 1. The highest BCUT2D eigenvalue weighted by atomic mass is 16.3. The first kappa shape index (κ1) is 45.7. The van der Waals surface area contributed by atoms with Gasteiger partial charge in [0.05, 0.1) is 16.9 Å². The molecule has 1 N–H and O–H groups in total. The van der Waals surface area contributed by atoms with Crippen molar-refractivity contribution in [3.63, 3.8) is 0 Å². The van der Waals surface area contributed by atoms with E-state index >= 15 is 0 Å². The second-order valence-electron chi connectivity index (χ2n) is 27.3. The Morgan fingerprint density at radius 3 is 1.67 bits per heavy atom. The lowest BCUT2D eigenvalue weighted by molar-refractivity contribution is 0.332. The molecule has 364 valence electrons. The van der Waals surface area contributed by atoms with Crippen LogP contribution in [0.3, 0.4) is 0 Å². The van der Waals surface area contributed by atoms with Crippen molar-refractivity contribution in [2.45, 2.75) is 162 Å². The Bertz CT molecular complexity index is 4020. The molecule has 4 nitrogen and oxygen atoms in total. The lowest BCUT2D eigenvalue weighted by atomic mass is 9.58. The predicted molar refractivity (Wildman–Crippen MR) is 310 cm³/mol. The number of benzene rings is 7. The molecule has 3 aliphatic rings. The monoisotopic (exact) mass is 947 g/mol. The summed E-state index contributed by atoms with van der Waals surface area (Å²) < 4.78 is 17.1. The van der Waals surface area contributed by atoms with Gasteiger partial charge in [-0.2, -0.15) is 0 Å². The molecule has 0 saturated heterocycles. The Kier molecular flexibility index (Phi) is 9.21. The normalized spacial score (nSPS) is 17.7. The molecule has 0 bridgehead atoms. The van der Waals surface area contributed by atoms with E-state index < -0.39 is 0 Å². The third kappa shape index (κ3) is 6.56. The molecule has 0 saturated carbocycles. The van der Waals surface area contributed by atoms with E-state index in [2.05, 4.69) is 211 Å². The van der Waals surface area contributed by atoms with Crippen LogP contribution >= 0.6 is 0 Å². The highest BCUT2D eigenvalue weighted by Gasteiger charge is 2.40. The van der Waals surface area contributed by atoms with Crippen LogP contribution < -0.4 is 16.2 Å². The third-order valence-electron chi connectivity index (χ3n) is 18.3. The molecule has 5 heteroatoms. The third-order valence-corrected chi connectivity index (χ3v) is 18.3. The Hall–Kier alpha value is -6.20. The van der Waals surface area contributed by atoms with E-state index in [1.807, 2.05) is 0 Å². The summed E-state index contributed by atoms with van der Waals surface area (Å²) >= 11 is 0. The number of hydrogen-bond donors (Lipinski definition) is 1. The summed E-state index contributed by atoms with van der Waals surface area (Å²) in [6, 6.07) is 38.0. The molecule has 0 fully saturated rings. The lowest BCUT2D eigenvalue weighted by Gasteiger charge is -2.41. The minimum Gasteiger partial charge on any atom is -0.455 e. The number of aromatic nitrogens is 1. The summed E-state index contributed by atoms with van der Waals surface area (Å²) in [5, 5.41) is 11.4. The van der Waals surface area contributed by atoms with Gasteiger partial charge in [0.25, 0.3) is 0 Å². The molecule has 0 amide bonds. The molecular formula is C67H71BN2O2. The highest BCUT2D eigenvalue weighted by molar-refractivity contribution is 6.73. The molecule has 0 radical (unpaired) electrons. The SMILES string of the molecule is Cc1cc(-c2c(Nc3cccc4c3oc3cc5c(cc34)C(C)(C)CCC5(C)C)ccc3c2oc2cc4c(cc23)C(C)(C)CCC4(C)C)c2c(c1)-n1c3ccc(C(C)(C)C)cc3c3cc(C(C)(C)C)cc(c31)B2. The molecule has 4 heterocycles. The van der Waals surface area contributed by atoms with E-state index in [1.165, 1.54) is 100 Å². The maximum absolute atomic E-state index is 7.43. The Morgan fingerprint density at radius 1 is 0.514 bits per heavy atom. The van der Waals surface area contributed by atoms with Gasteiger partial charge in [-0.05, 0) is 182 Å². The minimum atomic E-state index is -0.0280. The molecule has 72 heavy (non-hydrogen) atoms. The Balaban J connectivity index is 1.09. The second-order valence-corrected chi connectivity index (χ2v) is 27.3. The van der Waals surface area contributed by atoms with Crippen molar-refractivity contribution in [3.05, 3.63) is 136 Å². The van der Waals surface area contributed by atoms with Crippen LogP contribution in [0.2, 0.25) is 0 Å². The summed E-state index contributed by atoms with van der Waals surface area (Å²) in [7, 11) is 0.803. The molecule has 0 spiro atoms. The molecule has 10 aromatic rings. The van der Waals surface area contributed by atoms with Gasteiger partial charge in [0.1, 0.15) is 16.7 Å². The smallest absolute Gasteiger partial charge is 0.198 e. The molecular weight excluding hydrogens is 876 g/mol. The molecule has 2 aliphatic carbocycles. The molecule has 7 aromatic carbocycles. The van der Waals surface area contributed by atoms with Gasteiger partial charge in [-0.25, -0.2) is 0 Å². The molecule has 0 unspecified atom stereocenters. The fourth-order valence-electron chi connectivity index (χ4n) is 13.5. The molecule has 13 rings (SSSR count). The largest absolute Gasteiger partial charge is 0.455 e. The van der Waals surface area contributed by atoms with Gasteiger partial charge < -0.3 is 18.7 Å². The second kappa shape index (κ2) is 14.5. The number of furan rings is 2. The van der Waals surface area contributed by atoms with Crippen molar-refractivity contribution in [2.24, 2.45) is 0 Å². The van der Waals surface area contributed by atoms with Crippen LogP contribution in [-0.2, 0) is 32.5 Å². The van der Waals surface area contributed by atoms with Crippen molar-refractivity contribution in [1.82, 2.24) is 4.57 Å². The maximum atomic E-state index is 7.43. The van der Waals surface area contributed by atoms with Crippen LogP contribution in [0.5, 0.6) is 0 Å². The number of rotatable bonds is 3. The van der Waals surface area contributed by atoms with Crippen molar-refractivity contribution in [1.29, 1.82) is 0 Å². The van der Waals surface area contributed by atoms with Crippen molar-refractivity contribution in [2.75, 3.05) is 5.32 Å². The lowest BCUT2D eigenvalue weighted by Crippen LogP contribution is -2.38. The van der Waals surface area contributed by atoms with Crippen molar-refractivity contribution in [3.8, 4) is 16.8 Å². The Morgan fingerprint density at radius 2 is 1.07 bits per heavy atom. The zero-order valence-electron chi connectivity index (χ0n) is 45.5. The van der Waals surface area contributed by atoms with E-state index in [0.717, 1.165) is 76.6 Å². The predicted octanol–water partition coefficient (Wildman–Crippen LogP) is 17.3. The summed E-state index contributed by atoms with van der Waals surface area (Å²) in [5.74, 6) is 0. The average molecular weight is 947 g/mol. The molecule has 0 atom stereocenters. The average Bonchev–Trinajstić information content (AvgIpc) is 3.98. The van der Waals surface area contributed by atoms with Gasteiger partial charge in [0.15, 0.2) is 12.9 Å². The van der Waals surface area contributed by atoms with E-state index in [1.54, 1.807) is 0 Å². The number of anilines is 2. The van der Waals surface area contributed by atoms with Crippen LogP contribution in [-0.4, -0.2) is 11.8 Å². The maximum Gasteiger partial charge on any atom is 0.198 e. The van der Waals surface area contributed by atoms with Gasteiger partial charge in [-0.3, -0.25) is 0 Å². The first-order valence-corrected chi connectivity index (χ1v) is 26.9. The number of aryl methyl sites for hydroxylation is 1. The fourth-order valence-corrected chi connectivity index (χ4v) is 13.5. The van der Waals surface area contributed by atoms with Crippen LogP contribution in [0.25, 0.3) is 82.5 Å². The number of nitrogens with zero attached hydrogens (tertiary/aromatic N) is 1. The van der Waals surface area contributed by atoms with Crippen LogP contribution in [0.4, 0.5) is 11.4 Å². The summed E-state index contributed by atoms with van der Waals surface area (Å²) in [6.07, 6.45) is 4.64. The molecule has 1 aliphatic heterocycles. The van der Waals surface area contributed by atoms with E-state index in [4.69, 9.17) is 8.83 Å². The summed E-state index contributed by atoms with van der Waals surface area (Å²) in [5.41, 5.74) is 24.4. The van der Waals surface area contributed by atoms with E-state index in [0.29, 0.717) is 0 Å². The van der Waals surface area contributed by atoms with Gasteiger partial charge in [-0.15, -0.1) is 0 Å². The van der Waals surface area contributed by atoms with Crippen LogP contribution in [0.15, 0.2) is 106 Å². The summed E-state index contributed by atoms with van der Waals surface area (Å²) in [4.78, 5) is 0. The highest BCUT2D eigenvalue weighted by Crippen LogP contribution is 2.52. The summed E-state index contributed by atoms with van der Waals surface area (Å²) in [6.45, 7) is 35.6. The van der Waals surface area contributed by atoms with Crippen molar-refractivity contribution < 1.29 is 8.83 Å². The van der Waals surface area contributed by atoms with Gasteiger partial charge in [0.2, 0.25) is 0 Å². The van der Waals surface area contributed by atoms with Crippen LogP contribution in [0, 0.1) is 6.92 Å². The van der Waals surface area contributed by atoms with Gasteiger partial charge in [0, 0.05) is 49.1 Å². The first-order chi connectivity index (χ1) is 33.8. The number of hydrogen-bond acceptors (Lipinski definition) is 3. The van der Waals surface area contributed by atoms with Crippen LogP contribution in [0.1, 0.15) is 162 Å². The first-order valence-electron chi connectivity index (χ1n) is 26.9. The number of nitrogens with one attached hydrogen (secondary N) is 1. The van der Waals surface area contributed by atoms with Crippen molar-refractivity contribution >= 4 is 95.3 Å². The topological polar surface area (TPSA) is 43.2 Å². The zero-order valence-corrected chi connectivity index (χ0v) is 45.5. The van der Waals surface area contributed by atoms with E-state index in [9.17, 15) is 0 Å². The minimum absolute atomic E-state index is 0.0221. The quantitative estimate of drug-likeness (QED) is 0.180. The van der Waals surface area contributed by atoms with Gasteiger partial charge in [-0.1, -0.05) is 133 Å². The van der Waals surface area contributed by atoms with Gasteiger partial charge >= 0.3 is 0 Å². The zero-order chi connectivity index (χ0) is 50.6. The molecule has 3 aromatic heterocycles. The Labute approximate surface area is 426 Å².